The number of nitrogens with one attached hydrogen (secondary N) is 2. The fourth-order valence-corrected chi connectivity index (χ4v) is 3.55. The van der Waals surface area contributed by atoms with Crippen molar-refractivity contribution in [3.63, 3.8) is 0 Å². The number of carboxylic acids is 1. The van der Waals surface area contributed by atoms with Gasteiger partial charge in [0, 0.05) is 38.3 Å². The van der Waals surface area contributed by atoms with Crippen molar-refractivity contribution in [1.82, 2.24) is 5.32 Å². The minimum Gasteiger partial charge on any atom is -0.480 e. The third-order valence-corrected chi connectivity index (χ3v) is 4.74. The van der Waals surface area contributed by atoms with Gasteiger partial charge in [-0.1, -0.05) is 34.8 Å². The van der Waals surface area contributed by atoms with Crippen molar-refractivity contribution in [2.75, 3.05) is 5.32 Å². The van der Waals surface area contributed by atoms with Gasteiger partial charge in [0.25, 0.3) is 5.91 Å². The second-order valence-corrected chi connectivity index (χ2v) is 6.93. The van der Waals surface area contributed by atoms with Crippen molar-refractivity contribution < 1.29 is 14.7 Å². The van der Waals surface area contributed by atoms with Gasteiger partial charge in [0.15, 0.2) is 0 Å². The van der Waals surface area contributed by atoms with Gasteiger partial charge in [-0.05, 0) is 36.4 Å². The number of rotatable bonds is 3. The van der Waals surface area contributed by atoms with Gasteiger partial charge in [-0.2, -0.15) is 0 Å². The molecule has 2 aromatic carbocycles. The van der Waals surface area contributed by atoms with Crippen LogP contribution in [0.3, 0.4) is 0 Å². The average molecular weight is 400 g/mol. The van der Waals surface area contributed by atoms with Crippen molar-refractivity contribution in [3.8, 4) is 0 Å². The number of amides is 1. The fraction of sp³-hybridized carbons (Fsp3) is 0.176. The molecule has 3 rings (SSSR count). The number of benzene rings is 2. The molecule has 25 heavy (non-hydrogen) atoms. The highest BCUT2D eigenvalue weighted by Gasteiger charge is 2.33. The molecule has 1 amide bonds. The van der Waals surface area contributed by atoms with E-state index in [2.05, 4.69) is 10.6 Å². The maximum Gasteiger partial charge on any atom is 0.326 e. The molecule has 0 aliphatic carbocycles. The van der Waals surface area contributed by atoms with Crippen molar-refractivity contribution in [2.45, 2.75) is 18.5 Å². The summed E-state index contributed by atoms with van der Waals surface area (Å²) >= 11 is 18.1. The molecule has 0 bridgehead atoms. The van der Waals surface area contributed by atoms with Crippen LogP contribution >= 0.6 is 34.8 Å². The Hall–Kier alpha value is -1.95. The van der Waals surface area contributed by atoms with Crippen LogP contribution in [0.2, 0.25) is 15.1 Å². The normalized spacial score (nSPS) is 18.8. The summed E-state index contributed by atoms with van der Waals surface area (Å²) in [6, 6.07) is 8.14. The number of anilines is 1. The molecule has 1 aliphatic rings. The molecule has 2 aromatic rings. The summed E-state index contributed by atoms with van der Waals surface area (Å²) in [5.41, 5.74) is 1.53. The van der Waals surface area contributed by atoms with E-state index < -0.39 is 18.1 Å². The Bertz CT molecular complexity index is 840. The van der Waals surface area contributed by atoms with E-state index in [1.54, 1.807) is 36.4 Å². The predicted molar refractivity (Wildman–Crippen MR) is 97.8 cm³/mol. The topological polar surface area (TPSA) is 78.4 Å². The third-order valence-electron chi connectivity index (χ3n) is 3.95. The average Bonchev–Trinajstić information content (AvgIpc) is 2.54. The van der Waals surface area contributed by atoms with E-state index in [4.69, 9.17) is 34.8 Å². The van der Waals surface area contributed by atoms with E-state index in [-0.39, 0.29) is 12.3 Å². The van der Waals surface area contributed by atoms with E-state index in [1.165, 1.54) is 0 Å². The van der Waals surface area contributed by atoms with Crippen LogP contribution in [0, 0.1) is 0 Å². The number of hydrogen-bond donors (Lipinski definition) is 3. The first kappa shape index (κ1) is 17.9. The molecule has 130 valence electrons. The molecule has 3 N–H and O–H groups in total. The Kier molecular flexibility index (Phi) is 5.08. The largest absolute Gasteiger partial charge is 0.480 e. The predicted octanol–water partition coefficient (Wildman–Crippen LogP) is 4.39. The van der Waals surface area contributed by atoms with Gasteiger partial charge in [-0.15, -0.1) is 0 Å². The van der Waals surface area contributed by atoms with E-state index in [0.29, 0.717) is 31.9 Å². The summed E-state index contributed by atoms with van der Waals surface area (Å²) in [5, 5.41) is 16.3. The van der Waals surface area contributed by atoms with Crippen LogP contribution in [-0.4, -0.2) is 23.0 Å². The van der Waals surface area contributed by atoms with Gasteiger partial charge in [0.1, 0.15) is 6.04 Å². The molecule has 8 heteroatoms. The van der Waals surface area contributed by atoms with E-state index in [9.17, 15) is 14.7 Å². The van der Waals surface area contributed by atoms with Crippen LogP contribution in [0.4, 0.5) is 5.69 Å². The minimum atomic E-state index is -1.02. The lowest BCUT2D eigenvalue weighted by molar-refractivity contribution is -0.138. The van der Waals surface area contributed by atoms with Crippen LogP contribution in [0.5, 0.6) is 0 Å². The van der Waals surface area contributed by atoms with E-state index in [0.717, 1.165) is 0 Å². The van der Waals surface area contributed by atoms with Crippen LogP contribution in [0.15, 0.2) is 36.4 Å². The number of fused-ring (bicyclic) bond motifs is 1. The number of halogens is 3. The summed E-state index contributed by atoms with van der Waals surface area (Å²) in [6.45, 7) is 0. The molecule has 0 fully saturated rings. The van der Waals surface area contributed by atoms with Crippen LogP contribution in [-0.2, 0) is 4.79 Å². The standard InChI is InChI=1S/C17H13Cl3N2O3/c18-9-3-1-8(2-4-9)16(23)22-13-7-14(17(24)25)21-12-6-10(19)5-11(20)15(12)13/h1-6,13-14,21H,7H2,(H,22,23)(H,24,25). The quantitative estimate of drug-likeness (QED) is 0.715. The molecule has 1 heterocycles. The summed E-state index contributed by atoms with van der Waals surface area (Å²) in [6.07, 6.45) is 0.156. The first-order valence-corrected chi connectivity index (χ1v) is 8.53. The number of carbonyl (C=O) groups is 2. The SMILES string of the molecule is O=C(NC1CC(C(=O)O)Nc2cc(Cl)cc(Cl)c21)c1ccc(Cl)cc1. The molecule has 2 unspecified atom stereocenters. The van der Waals surface area contributed by atoms with Gasteiger partial charge < -0.3 is 15.7 Å². The summed E-state index contributed by atoms with van der Waals surface area (Å²) in [7, 11) is 0. The lowest BCUT2D eigenvalue weighted by Crippen LogP contribution is -2.41. The molecule has 0 radical (unpaired) electrons. The van der Waals surface area contributed by atoms with Crippen LogP contribution < -0.4 is 10.6 Å². The van der Waals surface area contributed by atoms with Crippen molar-refractivity contribution >= 4 is 52.4 Å². The highest BCUT2D eigenvalue weighted by atomic mass is 35.5. The van der Waals surface area contributed by atoms with Crippen LogP contribution in [0.25, 0.3) is 0 Å². The molecule has 0 saturated heterocycles. The first-order chi connectivity index (χ1) is 11.8. The van der Waals surface area contributed by atoms with Crippen molar-refractivity contribution in [2.24, 2.45) is 0 Å². The zero-order valence-electron chi connectivity index (χ0n) is 12.7. The van der Waals surface area contributed by atoms with Crippen LogP contribution in [0.1, 0.15) is 28.4 Å². The molecule has 0 aromatic heterocycles. The van der Waals surface area contributed by atoms with Gasteiger partial charge in [0.2, 0.25) is 0 Å². The van der Waals surface area contributed by atoms with Crippen molar-refractivity contribution in [3.05, 3.63) is 62.6 Å². The molecule has 2 atom stereocenters. The van der Waals surface area contributed by atoms with E-state index in [1.807, 2.05) is 0 Å². The lowest BCUT2D eigenvalue weighted by atomic mass is 9.92. The van der Waals surface area contributed by atoms with Gasteiger partial charge in [-0.3, -0.25) is 4.79 Å². The van der Waals surface area contributed by atoms with E-state index >= 15 is 0 Å². The first-order valence-electron chi connectivity index (χ1n) is 7.40. The molecule has 5 nitrogen and oxygen atoms in total. The highest BCUT2D eigenvalue weighted by molar-refractivity contribution is 6.35. The Balaban J connectivity index is 1.93. The Labute approximate surface area is 158 Å². The molecule has 0 spiro atoms. The number of carbonyl (C=O) groups excluding carboxylic acids is 1. The second-order valence-electron chi connectivity index (χ2n) is 5.65. The summed E-state index contributed by atoms with van der Waals surface area (Å²) < 4.78 is 0. The zero-order chi connectivity index (χ0) is 18.1. The summed E-state index contributed by atoms with van der Waals surface area (Å²) in [5.74, 6) is -1.36. The third kappa shape index (κ3) is 3.84. The monoisotopic (exact) mass is 398 g/mol. The lowest BCUT2D eigenvalue weighted by Gasteiger charge is -2.32. The Morgan fingerprint density at radius 3 is 2.40 bits per heavy atom. The maximum atomic E-state index is 12.5. The fourth-order valence-electron chi connectivity index (χ4n) is 2.80. The Morgan fingerprint density at radius 1 is 1.08 bits per heavy atom. The second kappa shape index (κ2) is 7.12. The molecule has 1 aliphatic heterocycles. The molecule has 0 saturated carbocycles. The number of carboxylic acid groups (broad SMARTS) is 1. The number of hydrogen-bond acceptors (Lipinski definition) is 3. The zero-order valence-corrected chi connectivity index (χ0v) is 15.0. The summed E-state index contributed by atoms with van der Waals surface area (Å²) in [4.78, 5) is 23.9. The van der Waals surface area contributed by atoms with Crippen molar-refractivity contribution in [1.29, 1.82) is 0 Å². The minimum absolute atomic E-state index is 0.156. The Morgan fingerprint density at radius 2 is 1.76 bits per heavy atom. The highest BCUT2D eigenvalue weighted by Crippen LogP contribution is 2.40. The number of aliphatic carboxylic acids is 1. The van der Waals surface area contributed by atoms with Gasteiger partial charge in [0.05, 0.1) is 6.04 Å². The molecular weight excluding hydrogens is 387 g/mol. The van der Waals surface area contributed by atoms with Gasteiger partial charge in [-0.25, -0.2) is 4.79 Å². The maximum absolute atomic E-state index is 12.5. The smallest absolute Gasteiger partial charge is 0.326 e. The van der Waals surface area contributed by atoms with Gasteiger partial charge >= 0.3 is 5.97 Å². The molecular formula is C17H13Cl3N2O3.